The van der Waals surface area contributed by atoms with Crippen LogP contribution >= 0.6 is 0 Å². The van der Waals surface area contributed by atoms with E-state index in [0.717, 1.165) is 0 Å². The van der Waals surface area contributed by atoms with E-state index in [1.165, 1.54) is 25.7 Å². The highest BCUT2D eigenvalue weighted by Gasteiger charge is 2.16. The SMILES string of the molecule is CC.CC.CCCC(C)(CC)CC. The van der Waals surface area contributed by atoms with Crippen LogP contribution in [0.15, 0.2) is 0 Å². The zero-order chi connectivity index (χ0) is 11.3. The van der Waals surface area contributed by atoms with Crippen LogP contribution in [0.2, 0.25) is 0 Å². The fourth-order valence-electron chi connectivity index (χ4n) is 1.21. The van der Waals surface area contributed by atoms with Gasteiger partial charge in [0.15, 0.2) is 0 Å². The number of hydrogen-bond acceptors (Lipinski definition) is 0. The Balaban J connectivity index is -0.000000218. The third-order valence-corrected chi connectivity index (χ3v) is 2.56. The summed E-state index contributed by atoms with van der Waals surface area (Å²) in [5, 5.41) is 0. The molecule has 0 aliphatic carbocycles. The standard InChI is InChI=1S/C9H20.2C2H6/c1-5-8-9(4,6-2)7-3;2*1-2/h5-8H2,1-4H3;2*1-2H3. The van der Waals surface area contributed by atoms with Gasteiger partial charge in [0.25, 0.3) is 0 Å². The first kappa shape index (κ1) is 18.7. The molecule has 0 fully saturated rings. The Labute approximate surface area is 87.1 Å². The topological polar surface area (TPSA) is 0 Å². The Morgan fingerprint density at radius 3 is 1.15 bits per heavy atom. The molecule has 0 amide bonds. The first-order chi connectivity index (χ1) is 6.18. The third kappa shape index (κ3) is 12.0. The molecule has 0 atom stereocenters. The normalized spacial score (nSPS) is 9.23. The average molecular weight is 188 g/mol. The molecule has 0 aliphatic heterocycles. The van der Waals surface area contributed by atoms with Crippen LogP contribution in [-0.2, 0) is 0 Å². The van der Waals surface area contributed by atoms with Crippen molar-refractivity contribution in [1.29, 1.82) is 0 Å². The van der Waals surface area contributed by atoms with Crippen molar-refractivity contribution in [3.63, 3.8) is 0 Å². The molecule has 0 aliphatic rings. The Kier molecular flexibility index (Phi) is 20.9. The van der Waals surface area contributed by atoms with Crippen LogP contribution in [-0.4, -0.2) is 0 Å². The van der Waals surface area contributed by atoms with Gasteiger partial charge >= 0.3 is 0 Å². The highest BCUT2D eigenvalue weighted by atomic mass is 14.2. The Morgan fingerprint density at radius 1 is 0.769 bits per heavy atom. The predicted molar refractivity (Wildman–Crippen MR) is 66.3 cm³/mol. The summed E-state index contributed by atoms with van der Waals surface area (Å²) in [5.41, 5.74) is 0.634. The molecule has 0 spiro atoms. The van der Waals surface area contributed by atoms with Crippen LogP contribution < -0.4 is 0 Å². The highest BCUT2D eigenvalue weighted by molar-refractivity contribution is 4.69. The molecule has 0 bridgehead atoms. The predicted octanol–water partition coefficient (Wildman–Crippen LogP) is 5.67. The molecule has 0 aromatic rings. The van der Waals surface area contributed by atoms with Crippen molar-refractivity contribution >= 4 is 0 Å². The third-order valence-electron chi connectivity index (χ3n) is 2.56. The summed E-state index contributed by atoms with van der Waals surface area (Å²) in [5.74, 6) is 0. The molecule has 0 saturated carbocycles. The number of hydrogen-bond donors (Lipinski definition) is 0. The molecule has 13 heavy (non-hydrogen) atoms. The van der Waals surface area contributed by atoms with Gasteiger partial charge < -0.3 is 0 Å². The summed E-state index contributed by atoms with van der Waals surface area (Å²) in [7, 11) is 0. The van der Waals surface area contributed by atoms with Crippen LogP contribution in [0.3, 0.4) is 0 Å². The first-order valence-electron chi connectivity index (χ1n) is 6.18. The largest absolute Gasteiger partial charge is 0.0683 e. The van der Waals surface area contributed by atoms with Gasteiger partial charge in [-0.25, -0.2) is 0 Å². The van der Waals surface area contributed by atoms with Gasteiger partial charge in [-0.15, -0.1) is 0 Å². The van der Waals surface area contributed by atoms with Crippen molar-refractivity contribution in [2.45, 2.75) is 81.1 Å². The molecule has 0 heteroatoms. The van der Waals surface area contributed by atoms with Crippen LogP contribution in [0.4, 0.5) is 0 Å². The molecule has 0 unspecified atom stereocenters. The van der Waals surface area contributed by atoms with Crippen molar-refractivity contribution in [3.05, 3.63) is 0 Å². The van der Waals surface area contributed by atoms with Crippen molar-refractivity contribution in [2.75, 3.05) is 0 Å². The number of rotatable bonds is 4. The lowest BCUT2D eigenvalue weighted by atomic mass is 9.81. The van der Waals surface area contributed by atoms with E-state index in [4.69, 9.17) is 0 Å². The molecule has 0 heterocycles. The van der Waals surface area contributed by atoms with Gasteiger partial charge in [0.2, 0.25) is 0 Å². The summed E-state index contributed by atoms with van der Waals surface area (Å²) >= 11 is 0. The fourth-order valence-corrected chi connectivity index (χ4v) is 1.21. The maximum atomic E-state index is 2.39. The molecule has 0 rings (SSSR count). The average Bonchev–Trinajstić information content (AvgIpc) is 2.24. The summed E-state index contributed by atoms with van der Waals surface area (Å²) in [4.78, 5) is 0. The Bertz CT molecular complexity index is 60.4. The van der Waals surface area contributed by atoms with Gasteiger partial charge in [-0.2, -0.15) is 0 Å². The summed E-state index contributed by atoms with van der Waals surface area (Å²) in [6, 6.07) is 0. The van der Waals surface area contributed by atoms with Crippen LogP contribution in [0.25, 0.3) is 0 Å². The van der Waals surface area contributed by atoms with Crippen molar-refractivity contribution in [1.82, 2.24) is 0 Å². The van der Waals surface area contributed by atoms with Gasteiger partial charge in [0.05, 0.1) is 0 Å². The molecule has 0 nitrogen and oxygen atoms in total. The Morgan fingerprint density at radius 2 is 1.08 bits per heavy atom. The molecule has 0 aromatic heterocycles. The van der Waals surface area contributed by atoms with Gasteiger partial charge in [-0.3, -0.25) is 0 Å². The van der Waals surface area contributed by atoms with Crippen LogP contribution in [0.5, 0.6) is 0 Å². The monoisotopic (exact) mass is 188 g/mol. The first-order valence-corrected chi connectivity index (χ1v) is 6.18. The lowest BCUT2D eigenvalue weighted by Crippen LogP contribution is -2.12. The van der Waals surface area contributed by atoms with Crippen LogP contribution in [0, 0.1) is 5.41 Å². The van der Waals surface area contributed by atoms with E-state index in [1.807, 2.05) is 27.7 Å². The van der Waals surface area contributed by atoms with Crippen molar-refractivity contribution in [2.24, 2.45) is 5.41 Å². The summed E-state index contributed by atoms with van der Waals surface area (Å²) < 4.78 is 0. The second-order valence-corrected chi connectivity index (χ2v) is 3.27. The molecule has 0 saturated heterocycles. The lowest BCUT2D eigenvalue weighted by molar-refractivity contribution is 0.270. The maximum Gasteiger partial charge on any atom is -0.0331 e. The van der Waals surface area contributed by atoms with E-state index in [0.29, 0.717) is 5.41 Å². The van der Waals surface area contributed by atoms with E-state index in [2.05, 4.69) is 27.7 Å². The minimum absolute atomic E-state index is 0.634. The molecule has 0 radical (unpaired) electrons. The van der Waals surface area contributed by atoms with E-state index in [1.54, 1.807) is 0 Å². The summed E-state index contributed by atoms with van der Waals surface area (Å²) in [6.45, 7) is 17.2. The quantitative estimate of drug-likeness (QED) is 0.533. The molecule has 0 aromatic carbocycles. The minimum atomic E-state index is 0.634. The zero-order valence-electron chi connectivity index (χ0n) is 11.3. The van der Waals surface area contributed by atoms with E-state index in [9.17, 15) is 0 Å². The summed E-state index contributed by atoms with van der Waals surface area (Å²) in [6.07, 6.45) is 5.38. The molecule has 0 N–H and O–H groups in total. The van der Waals surface area contributed by atoms with E-state index < -0.39 is 0 Å². The minimum Gasteiger partial charge on any atom is -0.0683 e. The van der Waals surface area contributed by atoms with Crippen molar-refractivity contribution in [3.8, 4) is 0 Å². The smallest absolute Gasteiger partial charge is 0.0331 e. The van der Waals surface area contributed by atoms with Crippen LogP contribution in [0.1, 0.15) is 81.1 Å². The maximum absolute atomic E-state index is 2.39. The fraction of sp³-hybridized carbons (Fsp3) is 1.00. The Hall–Kier alpha value is 0. The van der Waals surface area contributed by atoms with Gasteiger partial charge in [-0.05, 0) is 11.8 Å². The van der Waals surface area contributed by atoms with Crippen molar-refractivity contribution < 1.29 is 0 Å². The van der Waals surface area contributed by atoms with Gasteiger partial charge in [-0.1, -0.05) is 74.7 Å². The highest BCUT2D eigenvalue weighted by Crippen LogP contribution is 2.30. The molecular formula is C13H32. The van der Waals surface area contributed by atoms with E-state index >= 15 is 0 Å². The second-order valence-electron chi connectivity index (χ2n) is 3.27. The lowest BCUT2D eigenvalue weighted by Gasteiger charge is -2.25. The second kappa shape index (κ2) is 14.5. The van der Waals surface area contributed by atoms with E-state index in [-0.39, 0.29) is 0 Å². The zero-order valence-corrected chi connectivity index (χ0v) is 11.3. The van der Waals surface area contributed by atoms with Gasteiger partial charge in [0, 0.05) is 0 Å². The van der Waals surface area contributed by atoms with Gasteiger partial charge in [0.1, 0.15) is 0 Å². The molecule has 84 valence electrons. The molecular weight excluding hydrogens is 156 g/mol.